The first-order valence-electron chi connectivity index (χ1n) is 17.8. The van der Waals surface area contributed by atoms with Crippen molar-refractivity contribution in [1.82, 2.24) is 25.2 Å². The van der Waals surface area contributed by atoms with Crippen molar-refractivity contribution in [3.63, 3.8) is 0 Å². The summed E-state index contributed by atoms with van der Waals surface area (Å²) < 4.78 is 0. The van der Waals surface area contributed by atoms with E-state index < -0.39 is 0 Å². The predicted molar refractivity (Wildman–Crippen MR) is 211 cm³/mol. The molecule has 15 heteroatoms. The molecule has 0 spiro atoms. The zero-order valence-corrected chi connectivity index (χ0v) is 31.9. The second kappa shape index (κ2) is 19.2. The molecule has 280 valence electrons. The molecule has 1 unspecified atom stereocenters. The van der Waals surface area contributed by atoms with Gasteiger partial charge in [-0.3, -0.25) is 29.4 Å². The lowest BCUT2D eigenvalue weighted by atomic mass is 9.90. The van der Waals surface area contributed by atoms with Crippen LogP contribution in [0.4, 0.5) is 28.1 Å². The number of piperidine rings is 1. The van der Waals surface area contributed by atoms with Gasteiger partial charge in [-0.1, -0.05) is 53.6 Å². The Kier molecular flexibility index (Phi) is 14.3. The smallest absolute Gasteiger partial charge is 0.234 e. The van der Waals surface area contributed by atoms with E-state index in [2.05, 4.69) is 46.0 Å². The van der Waals surface area contributed by atoms with Gasteiger partial charge in [-0.15, -0.1) is 0 Å². The van der Waals surface area contributed by atoms with Crippen LogP contribution in [0, 0.1) is 13.8 Å². The number of carbonyl (C=O) groups excluding carboxylic acids is 4. The Hall–Kier alpha value is -4.92. The van der Waals surface area contributed by atoms with Crippen LogP contribution in [-0.2, 0) is 14.4 Å². The zero-order chi connectivity index (χ0) is 37.7. The van der Waals surface area contributed by atoms with Gasteiger partial charge >= 0.3 is 0 Å². The molecular weight excluding hydrogens is 714 g/mol. The molecule has 0 radical (unpaired) electrons. The van der Waals surface area contributed by atoms with E-state index in [1.807, 2.05) is 69.4 Å². The Labute approximate surface area is 318 Å². The molecule has 0 aliphatic carbocycles. The van der Waals surface area contributed by atoms with Gasteiger partial charge in [-0.2, -0.15) is 0 Å². The number of aromatic nitrogens is 3. The standard InChI is InChI=1S/C30H36N8O4S.C8H10ClN/c1-20-32-25(35-30-31-18-23(19-39)43-30)17-26(33-20)38-14-12-37(13-15-38)11-4-2-3-8-27(40)34-22-7-5-6-21(16-22)24-9-10-28(41)36-29(24)42;1-6-4-3-5-7(9)8(6)10-2/h5-7,16-19,24H,2-4,8-15H2,1H3,(H,34,40)(H,36,41,42)(H,31,32,33,35);3-5,10H,1-2H3. The number of para-hydroxylation sites is 1. The lowest BCUT2D eigenvalue weighted by Gasteiger charge is -2.35. The van der Waals surface area contributed by atoms with Crippen LogP contribution in [0.1, 0.15) is 71.1 Å². The highest BCUT2D eigenvalue weighted by molar-refractivity contribution is 7.17. The van der Waals surface area contributed by atoms with Crippen molar-refractivity contribution in [2.45, 2.75) is 58.3 Å². The molecule has 4 aromatic rings. The Morgan fingerprint density at radius 3 is 2.53 bits per heavy atom. The molecule has 0 saturated carbocycles. The molecule has 2 fully saturated rings. The number of nitrogens with zero attached hydrogens (tertiary/aromatic N) is 5. The number of unbranched alkanes of at least 4 members (excludes halogenated alkanes) is 2. The number of amides is 3. The highest BCUT2D eigenvalue weighted by atomic mass is 35.5. The van der Waals surface area contributed by atoms with E-state index in [9.17, 15) is 19.2 Å². The number of halogens is 1. The Morgan fingerprint density at radius 2 is 1.83 bits per heavy atom. The van der Waals surface area contributed by atoms with E-state index >= 15 is 0 Å². The van der Waals surface area contributed by atoms with Crippen molar-refractivity contribution < 1.29 is 19.2 Å². The van der Waals surface area contributed by atoms with Gasteiger partial charge in [0.2, 0.25) is 17.7 Å². The summed E-state index contributed by atoms with van der Waals surface area (Å²) in [6, 6.07) is 15.1. The SMILES string of the molecule is CNc1c(C)cccc1Cl.Cc1nc(Nc2ncc(C=O)s2)cc(N2CCN(CCCCCC(=O)Nc3cccc(C4CCC(=O)NC4=O)c3)CC2)n1. The lowest BCUT2D eigenvalue weighted by Crippen LogP contribution is -2.47. The molecule has 6 rings (SSSR count). The van der Waals surface area contributed by atoms with E-state index in [0.717, 1.165) is 80.4 Å². The van der Waals surface area contributed by atoms with Crippen LogP contribution in [0.15, 0.2) is 54.7 Å². The number of hydrogen-bond acceptors (Lipinski definition) is 12. The number of benzene rings is 2. The first kappa shape index (κ1) is 39.3. The largest absolute Gasteiger partial charge is 0.387 e. The van der Waals surface area contributed by atoms with Crippen LogP contribution < -0.4 is 26.2 Å². The first-order chi connectivity index (χ1) is 25.6. The summed E-state index contributed by atoms with van der Waals surface area (Å²) >= 11 is 7.15. The number of carbonyl (C=O) groups is 4. The molecule has 2 aliphatic heterocycles. The van der Waals surface area contributed by atoms with Gasteiger partial charge in [0.05, 0.1) is 27.7 Å². The quantitative estimate of drug-likeness (QED) is 0.0685. The van der Waals surface area contributed by atoms with E-state index in [4.69, 9.17) is 11.6 Å². The van der Waals surface area contributed by atoms with Crippen molar-refractivity contribution >= 4 is 75.1 Å². The molecule has 13 nitrogen and oxygen atoms in total. The van der Waals surface area contributed by atoms with Crippen LogP contribution in [0.25, 0.3) is 0 Å². The zero-order valence-electron chi connectivity index (χ0n) is 30.3. The Bertz CT molecular complexity index is 1880. The Morgan fingerprint density at radius 1 is 1.04 bits per heavy atom. The van der Waals surface area contributed by atoms with Crippen molar-refractivity contribution in [3.8, 4) is 0 Å². The van der Waals surface area contributed by atoms with E-state index in [1.54, 1.807) is 0 Å². The number of piperazine rings is 1. The second-order valence-electron chi connectivity index (χ2n) is 13.0. The average Bonchev–Trinajstić information content (AvgIpc) is 3.59. The highest BCUT2D eigenvalue weighted by Crippen LogP contribution is 2.28. The molecule has 0 bridgehead atoms. The summed E-state index contributed by atoms with van der Waals surface area (Å²) in [6.45, 7) is 8.48. The Balaban J connectivity index is 0.000000469. The van der Waals surface area contributed by atoms with Gasteiger partial charge in [0.15, 0.2) is 11.4 Å². The van der Waals surface area contributed by atoms with Gasteiger partial charge in [-0.05, 0) is 69.0 Å². The fourth-order valence-corrected chi connectivity index (χ4v) is 7.26. The normalized spacial score (nSPS) is 15.9. The molecule has 2 saturated heterocycles. The maximum Gasteiger partial charge on any atom is 0.234 e. The summed E-state index contributed by atoms with van der Waals surface area (Å²) in [5, 5.41) is 12.9. The van der Waals surface area contributed by atoms with Gasteiger partial charge in [0.1, 0.15) is 17.5 Å². The number of imide groups is 1. The van der Waals surface area contributed by atoms with Crippen LogP contribution in [0.5, 0.6) is 0 Å². The van der Waals surface area contributed by atoms with E-state index in [1.165, 1.54) is 23.1 Å². The minimum atomic E-state index is -0.372. The number of thiazole rings is 1. The third kappa shape index (κ3) is 11.5. The molecule has 53 heavy (non-hydrogen) atoms. The molecule has 4 heterocycles. The topological polar surface area (TPSA) is 162 Å². The molecule has 2 aromatic heterocycles. The number of anilines is 5. The first-order valence-corrected chi connectivity index (χ1v) is 19.0. The maximum absolute atomic E-state index is 12.5. The number of aldehydes is 1. The fraction of sp³-hybridized carbons (Fsp3) is 0.395. The van der Waals surface area contributed by atoms with Gasteiger partial charge in [0.25, 0.3) is 0 Å². The van der Waals surface area contributed by atoms with Crippen LogP contribution in [0.3, 0.4) is 0 Å². The van der Waals surface area contributed by atoms with Crippen LogP contribution in [-0.4, -0.2) is 83.6 Å². The van der Waals surface area contributed by atoms with E-state index in [-0.39, 0.29) is 23.6 Å². The molecular formula is C38H46ClN9O4S. The molecule has 2 aromatic carbocycles. The monoisotopic (exact) mass is 759 g/mol. The minimum absolute atomic E-state index is 0.0397. The molecule has 4 N–H and O–H groups in total. The molecule has 3 amide bonds. The summed E-state index contributed by atoms with van der Waals surface area (Å²) in [5.41, 5.74) is 3.67. The van der Waals surface area contributed by atoms with Crippen LogP contribution in [0.2, 0.25) is 5.02 Å². The van der Waals surface area contributed by atoms with Crippen LogP contribution >= 0.6 is 22.9 Å². The third-order valence-corrected chi connectivity index (χ3v) is 10.2. The van der Waals surface area contributed by atoms with Gasteiger partial charge in [-0.25, -0.2) is 15.0 Å². The van der Waals surface area contributed by atoms with Crippen molar-refractivity contribution in [1.29, 1.82) is 0 Å². The highest BCUT2D eigenvalue weighted by Gasteiger charge is 2.28. The van der Waals surface area contributed by atoms with Crippen molar-refractivity contribution in [3.05, 3.63) is 81.6 Å². The summed E-state index contributed by atoms with van der Waals surface area (Å²) in [5.74, 6) is 1.26. The predicted octanol–water partition coefficient (Wildman–Crippen LogP) is 6.33. The van der Waals surface area contributed by atoms with Crippen molar-refractivity contribution in [2.24, 2.45) is 0 Å². The van der Waals surface area contributed by atoms with Gasteiger partial charge < -0.3 is 20.9 Å². The molecule has 1 atom stereocenters. The number of rotatable bonds is 13. The molecule has 2 aliphatic rings. The second-order valence-corrected chi connectivity index (χ2v) is 14.4. The summed E-state index contributed by atoms with van der Waals surface area (Å²) in [7, 11) is 1.87. The lowest BCUT2D eigenvalue weighted by molar-refractivity contribution is -0.134. The number of nitrogens with one attached hydrogen (secondary N) is 4. The third-order valence-electron chi connectivity index (χ3n) is 9.06. The number of aryl methyl sites for hydroxylation is 2. The maximum atomic E-state index is 12.5. The summed E-state index contributed by atoms with van der Waals surface area (Å²) in [4.78, 5) is 65.6. The van der Waals surface area contributed by atoms with Gasteiger partial charge in [0, 0.05) is 57.8 Å². The average molecular weight is 760 g/mol. The van der Waals surface area contributed by atoms with Crippen molar-refractivity contribution in [2.75, 3.05) is 60.6 Å². The minimum Gasteiger partial charge on any atom is -0.387 e. The number of hydrogen-bond donors (Lipinski definition) is 4. The van der Waals surface area contributed by atoms with E-state index in [0.29, 0.717) is 46.6 Å². The fourth-order valence-electron chi connectivity index (χ4n) is 6.30. The summed E-state index contributed by atoms with van der Waals surface area (Å²) in [6.07, 6.45) is 6.36.